The average molecular weight is 780 g/mol. The van der Waals surface area contributed by atoms with Crippen LogP contribution < -0.4 is 0 Å². The summed E-state index contributed by atoms with van der Waals surface area (Å²) in [5.41, 5.74) is 10.9. The van der Waals surface area contributed by atoms with Crippen LogP contribution in [-0.2, 0) is 0 Å². The lowest BCUT2D eigenvalue weighted by molar-refractivity contribution is 0.668. The summed E-state index contributed by atoms with van der Waals surface area (Å²) >= 11 is 0. The Morgan fingerprint density at radius 2 is 0.918 bits per heavy atom. The van der Waals surface area contributed by atoms with Crippen LogP contribution >= 0.6 is 0 Å². The molecule has 0 unspecified atom stereocenters. The van der Waals surface area contributed by atoms with Crippen LogP contribution in [0.4, 0.5) is 0 Å². The van der Waals surface area contributed by atoms with E-state index in [1.54, 1.807) is 0 Å². The van der Waals surface area contributed by atoms with E-state index in [1.165, 1.54) is 21.5 Å². The van der Waals surface area contributed by atoms with Gasteiger partial charge in [-0.3, -0.25) is 4.57 Å². The molecule has 0 spiro atoms. The third-order valence-electron chi connectivity index (χ3n) is 12.2. The maximum absolute atomic E-state index is 6.88. The van der Waals surface area contributed by atoms with Crippen molar-refractivity contribution in [3.05, 3.63) is 200 Å². The van der Waals surface area contributed by atoms with Crippen LogP contribution in [0.2, 0.25) is 0 Å². The Bertz CT molecular complexity index is 3830. The summed E-state index contributed by atoms with van der Waals surface area (Å²) in [6.07, 6.45) is 0. The fourth-order valence-corrected chi connectivity index (χ4v) is 9.44. The number of nitrogens with zero attached hydrogens (tertiary/aromatic N) is 5. The molecule has 0 atom stereocenters. The van der Waals surface area contributed by atoms with Gasteiger partial charge in [0.15, 0.2) is 11.6 Å². The van der Waals surface area contributed by atoms with E-state index in [0.717, 1.165) is 82.7 Å². The Labute approximate surface area is 349 Å². The molecule has 0 amide bonds. The first kappa shape index (κ1) is 33.6. The van der Waals surface area contributed by atoms with Gasteiger partial charge in [0, 0.05) is 55.1 Å². The number of hydrogen-bond donors (Lipinski definition) is 0. The van der Waals surface area contributed by atoms with Crippen LogP contribution in [0.1, 0.15) is 0 Å². The van der Waals surface area contributed by atoms with E-state index in [-0.39, 0.29) is 0 Å². The Morgan fingerprint density at radius 1 is 0.344 bits per heavy atom. The first-order valence-corrected chi connectivity index (χ1v) is 20.5. The minimum atomic E-state index is 0.553. The monoisotopic (exact) mass is 779 g/mol. The molecule has 61 heavy (non-hydrogen) atoms. The van der Waals surface area contributed by atoms with Gasteiger partial charge in [-0.15, -0.1) is 0 Å². The van der Waals surface area contributed by atoms with Gasteiger partial charge in [0.2, 0.25) is 5.95 Å². The van der Waals surface area contributed by atoms with E-state index in [0.29, 0.717) is 17.6 Å². The van der Waals surface area contributed by atoms with Gasteiger partial charge in [-0.2, -0.15) is 9.97 Å². The first-order valence-electron chi connectivity index (χ1n) is 20.5. The number of rotatable bonds is 5. The molecule has 6 nitrogen and oxygen atoms in total. The smallest absolute Gasteiger partial charge is 0.238 e. The van der Waals surface area contributed by atoms with Gasteiger partial charge in [0.25, 0.3) is 0 Å². The summed E-state index contributed by atoms with van der Waals surface area (Å²) in [4.78, 5) is 15.7. The van der Waals surface area contributed by atoms with Gasteiger partial charge in [0.1, 0.15) is 11.2 Å². The first-order chi connectivity index (χ1) is 30.2. The van der Waals surface area contributed by atoms with Crippen LogP contribution in [-0.4, -0.2) is 24.1 Å². The van der Waals surface area contributed by atoms with E-state index in [1.807, 2.05) is 42.5 Å². The predicted molar refractivity (Wildman–Crippen MR) is 250 cm³/mol. The van der Waals surface area contributed by atoms with E-state index in [9.17, 15) is 0 Å². The Morgan fingerprint density at radius 3 is 1.62 bits per heavy atom. The second kappa shape index (κ2) is 13.1. The van der Waals surface area contributed by atoms with Crippen LogP contribution in [0, 0.1) is 0 Å². The lowest BCUT2D eigenvalue weighted by atomic mass is 9.98. The molecular weight excluding hydrogens is 747 g/mol. The van der Waals surface area contributed by atoms with Gasteiger partial charge < -0.3 is 8.98 Å². The third kappa shape index (κ3) is 5.12. The molecule has 0 N–H and O–H groups in total. The Kier molecular flexibility index (Phi) is 7.21. The highest BCUT2D eigenvalue weighted by atomic mass is 16.3. The van der Waals surface area contributed by atoms with Crippen LogP contribution in [0.3, 0.4) is 0 Å². The van der Waals surface area contributed by atoms with E-state index < -0.39 is 0 Å². The van der Waals surface area contributed by atoms with Crippen molar-refractivity contribution >= 4 is 76.3 Å². The number of furan rings is 1. The maximum Gasteiger partial charge on any atom is 0.238 e. The summed E-state index contributed by atoms with van der Waals surface area (Å²) in [7, 11) is 0. The third-order valence-corrected chi connectivity index (χ3v) is 12.2. The van der Waals surface area contributed by atoms with Crippen molar-refractivity contribution in [1.82, 2.24) is 24.1 Å². The molecule has 0 saturated carbocycles. The highest BCUT2D eigenvalue weighted by Crippen LogP contribution is 2.44. The maximum atomic E-state index is 6.88. The fourth-order valence-electron chi connectivity index (χ4n) is 9.44. The fraction of sp³-hybridized carbons (Fsp3) is 0. The minimum absolute atomic E-state index is 0.553. The van der Waals surface area contributed by atoms with E-state index in [4.69, 9.17) is 19.4 Å². The highest BCUT2D eigenvalue weighted by Gasteiger charge is 2.23. The summed E-state index contributed by atoms with van der Waals surface area (Å²) < 4.78 is 11.4. The molecule has 0 aliphatic carbocycles. The Balaban J connectivity index is 1.10. The molecule has 0 bridgehead atoms. The van der Waals surface area contributed by atoms with Crippen molar-refractivity contribution in [3.8, 4) is 45.5 Å². The number of aromatic nitrogens is 5. The van der Waals surface area contributed by atoms with Gasteiger partial charge in [-0.1, -0.05) is 152 Å². The van der Waals surface area contributed by atoms with E-state index >= 15 is 0 Å². The predicted octanol–water partition coefficient (Wildman–Crippen LogP) is 14.1. The molecule has 284 valence electrons. The molecule has 13 rings (SSSR count). The van der Waals surface area contributed by atoms with E-state index in [2.05, 4.69) is 167 Å². The molecule has 6 heteroatoms. The molecular formula is C55H33N5O. The summed E-state index contributed by atoms with van der Waals surface area (Å²) in [5.74, 6) is 1.72. The summed E-state index contributed by atoms with van der Waals surface area (Å²) in [6, 6.07) is 70.3. The lowest BCUT2D eigenvalue weighted by Gasteiger charge is -2.15. The molecule has 0 saturated heterocycles. The SMILES string of the molecule is c1ccc(-c2nc(-c3cccc4oc5cc(-n6c7ccccc7c7cc8ccccc8cc76)c(-c6ccccc6)cc5c34)nc(-n3c4ccccc4c4ccccc43)n2)cc1. The molecule has 0 radical (unpaired) electrons. The van der Waals surface area contributed by atoms with Crippen molar-refractivity contribution < 1.29 is 4.42 Å². The van der Waals surface area contributed by atoms with Crippen molar-refractivity contribution in [2.75, 3.05) is 0 Å². The molecule has 4 heterocycles. The van der Waals surface area contributed by atoms with Gasteiger partial charge >= 0.3 is 0 Å². The molecule has 13 aromatic rings. The molecule has 0 aliphatic heterocycles. The zero-order valence-electron chi connectivity index (χ0n) is 32.7. The zero-order chi connectivity index (χ0) is 40.0. The molecule has 9 aromatic carbocycles. The topological polar surface area (TPSA) is 61.7 Å². The van der Waals surface area contributed by atoms with Crippen molar-refractivity contribution in [3.63, 3.8) is 0 Å². The standard InChI is InChI=1S/C55H33N5O/c1-3-16-34(17-4-1)42-32-44-51(33-49(42)59-45-26-12-11-24-40(45)43-30-36-20-7-8-21-37(36)31-48(43)59)61-50-29-15-25-41(52(44)50)54-56-53(35-18-5-2-6-19-35)57-55(58-54)60-46-27-13-9-22-38(46)39-23-10-14-28-47(39)60/h1-33H. The number of para-hydroxylation sites is 3. The van der Waals surface area contributed by atoms with Gasteiger partial charge in [0.05, 0.1) is 27.8 Å². The highest BCUT2D eigenvalue weighted by molar-refractivity contribution is 6.17. The zero-order valence-corrected chi connectivity index (χ0v) is 32.7. The lowest BCUT2D eigenvalue weighted by Crippen LogP contribution is -2.06. The normalized spacial score (nSPS) is 11.9. The van der Waals surface area contributed by atoms with Crippen LogP contribution in [0.15, 0.2) is 205 Å². The largest absolute Gasteiger partial charge is 0.456 e. The number of benzene rings is 9. The molecule has 4 aromatic heterocycles. The second-order valence-corrected chi connectivity index (χ2v) is 15.6. The Hall–Kier alpha value is -8.35. The quantitative estimate of drug-likeness (QED) is 0.175. The van der Waals surface area contributed by atoms with Crippen LogP contribution in [0.25, 0.3) is 122 Å². The summed E-state index contributed by atoms with van der Waals surface area (Å²) in [5, 5.41) is 9.06. The van der Waals surface area contributed by atoms with Crippen LogP contribution in [0.5, 0.6) is 0 Å². The minimum Gasteiger partial charge on any atom is -0.456 e. The van der Waals surface area contributed by atoms with Crippen molar-refractivity contribution in [2.45, 2.75) is 0 Å². The number of hydrogen-bond acceptors (Lipinski definition) is 4. The number of fused-ring (bicyclic) bond motifs is 10. The van der Waals surface area contributed by atoms with Crippen molar-refractivity contribution in [2.24, 2.45) is 0 Å². The second-order valence-electron chi connectivity index (χ2n) is 15.6. The average Bonchev–Trinajstić information content (AvgIpc) is 3.98. The molecule has 0 aliphatic rings. The van der Waals surface area contributed by atoms with Gasteiger partial charge in [-0.05, 0) is 58.8 Å². The summed E-state index contributed by atoms with van der Waals surface area (Å²) in [6.45, 7) is 0. The van der Waals surface area contributed by atoms with Crippen molar-refractivity contribution in [1.29, 1.82) is 0 Å². The molecule has 0 fully saturated rings. The van der Waals surface area contributed by atoms with Gasteiger partial charge in [-0.25, -0.2) is 4.98 Å².